The van der Waals surface area contributed by atoms with Crippen LogP contribution in [0.3, 0.4) is 0 Å². The zero-order valence-corrected chi connectivity index (χ0v) is 13.0. The molecule has 0 spiro atoms. The molecule has 2 rings (SSSR count). The monoisotopic (exact) mass is 360 g/mol. The summed E-state index contributed by atoms with van der Waals surface area (Å²) >= 11 is 9.38. The normalized spacial score (nSPS) is 14.1. The minimum absolute atomic E-state index is 0.000462. The first-order chi connectivity index (χ1) is 9.29. The van der Waals surface area contributed by atoms with E-state index in [1.807, 2.05) is 0 Å². The van der Waals surface area contributed by atoms with Crippen LogP contribution in [0.15, 0.2) is 40.9 Å². The molecule has 0 saturated carbocycles. The van der Waals surface area contributed by atoms with Crippen LogP contribution in [0, 0.1) is 11.6 Å². The molecule has 0 heterocycles. The van der Waals surface area contributed by atoms with Crippen LogP contribution in [0.2, 0.25) is 5.02 Å². The van der Waals surface area contributed by atoms with Crippen molar-refractivity contribution in [3.8, 4) is 0 Å². The molecular formula is C15H12BrClF2O. The van der Waals surface area contributed by atoms with Crippen molar-refractivity contribution in [2.75, 3.05) is 0 Å². The summed E-state index contributed by atoms with van der Waals surface area (Å²) in [6, 6.07) is 8.37. The molecule has 5 heteroatoms. The molecule has 2 aromatic carbocycles. The van der Waals surface area contributed by atoms with Crippen LogP contribution >= 0.6 is 27.5 Å². The molecule has 0 saturated heterocycles. The van der Waals surface area contributed by atoms with E-state index >= 15 is 0 Å². The molecule has 106 valence electrons. The van der Waals surface area contributed by atoms with Gasteiger partial charge < -0.3 is 5.11 Å². The summed E-state index contributed by atoms with van der Waals surface area (Å²) in [5.74, 6) is -1.33. The highest BCUT2D eigenvalue weighted by atomic mass is 79.9. The molecule has 1 unspecified atom stereocenters. The van der Waals surface area contributed by atoms with Gasteiger partial charge in [-0.1, -0.05) is 39.7 Å². The third-order valence-electron chi connectivity index (χ3n) is 3.06. The Morgan fingerprint density at radius 2 is 1.90 bits per heavy atom. The molecule has 1 nitrogen and oxygen atoms in total. The Kier molecular flexibility index (Phi) is 4.47. The van der Waals surface area contributed by atoms with Crippen LogP contribution in [0.5, 0.6) is 0 Å². The Bertz CT molecular complexity index is 644. The van der Waals surface area contributed by atoms with E-state index in [4.69, 9.17) is 11.6 Å². The largest absolute Gasteiger partial charge is 0.385 e. The molecule has 0 aliphatic carbocycles. The summed E-state index contributed by atoms with van der Waals surface area (Å²) in [6.07, 6.45) is 0.000462. The summed E-state index contributed by atoms with van der Waals surface area (Å²) in [5.41, 5.74) is -0.627. The fraction of sp³-hybridized carbons (Fsp3) is 0.200. The van der Waals surface area contributed by atoms with Crippen LogP contribution in [0.25, 0.3) is 0 Å². The number of hydrogen-bond donors (Lipinski definition) is 1. The highest BCUT2D eigenvalue weighted by Gasteiger charge is 2.27. The van der Waals surface area contributed by atoms with Crippen LogP contribution < -0.4 is 0 Å². The molecule has 20 heavy (non-hydrogen) atoms. The number of halogens is 4. The molecule has 0 bridgehead atoms. The van der Waals surface area contributed by atoms with Gasteiger partial charge in [-0.15, -0.1) is 0 Å². The van der Waals surface area contributed by atoms with E-state index in [0.29, 0.717) is 10.6 Å². The minimum Gasteiger partial charge on any atom is -0.385 e. The quantitative estimate of drug-likeness (QED) is 0.830. The van der Waals surface area contributed by atoms with E-state index in [2.05, 4.69) is 15.9 Å². The Morgan fingerprint density at radius 1 is 1.20 bits per heavy atom. The van der Waals surface area contributed by atoms with Crippen molar-refractivity contribution >= 4 is 27.5 Å². The van der Waals surface area contributed by atoms with E-state index in [1.165, 1.54) is 6.07 Å². The maximum Gasteiger partial charge on any atom is 0.129 e. The lowest BCUT2D eigenvalue weighted by Gasteiger charge is -2.25. The van der Waals surface area contributed by atoms with Crippen molar-refractivity contribution in [2.24, 2.45) is 0 Å². The molecule has 0 radical (unpaired) electrons. The van der Waals surface area contributed by atoms with Gasteiger partial charge in [0.05, 0.1) is 5.60 Å². The molecule has 2 aromatic rings. The predicted octanol–water partition coefficient (Wildman–Crippen LogP) is 4.83. The van der Waals surface area contributed by atoms with Gasteiger partial charge in [0.2, 0.25) is 0 Å². The topological polar surface area (TPSA) is 20.2 Å². The summed E-state index contributed by atoms with van der Waals surface area (Å²) in [4.78, 5) is 0. The number of hydrogen-bond acceptors (Lipinski definition) is 1. The third kappa shape index (κ3) is 3.37. The molecular weight excluding hydrogens is 350 g/mol. The molecule has 1 atom stereocenters. The van der Waals surface area contributed by atoms with E-state index in [0.717, 1.165) is 16.6 Å². The van der Waals surface area contributed by atoms with Gasteiger partial charge in [-0.05, 0) is 30.7 Å². The van der Waals surface area contributed by atoms with Gasteiger partial charge in [0, 0.05) is 27.5 Å². The standard InChI is InChI=1S/C15H12BrClF2O/c1-15(20,12-5-3-10(16)6-13(12)17)8-9-2-4-11(18)7-14(9)19/h2-7,20H,8H2,1H3. The zero-order valence-electron chi connectivity index (χ0n) is 10.6. The van der Waals surface area contributed by atoms with Gasteiger partial charge in [0.1, 0.15) is 11.6 Å². The van der Waals surface area contributed by atoms with Gasteiger partial charge in [-0.25, -0.2) is 8.78 Å². The predicted molar refractivity (Wildman–Crippen MR) is 78.8 cm³/mol. The fourth-order valence-electron chi connectivity index (χ4n) is 2.06. The molecule has 0 aliphatic rings. The Balaban J connectivity index is 2.35. The third-order valence-corrected chi connectivity index (χ3v) is 3.87. The Hall–Kier alpha value is -0.970. The summed E-state index contributed by atoms with van der Waals surface area (Å²) in [5, 5.41) is 10.9. The first-order valence-electron chi connectivity index (χ1n) is 5.91. The first-order valence-corrected chi connectivity index (χ1v) is 7.08. The van der Waals surface area contributed by atoms with Gasteiger partial charge in [0.15, 0.2) is 0 Å². The first kappa shape index (κ1) is 15.4. The van der Waals surface area contributed by atoms with Crippen LogP contribution in [-0.2, 0) is 12.0 Å². The summed E-state index contributed by atoms with van der Waals surface area (Å²) < 4.78 is 27.3. The fourth-order valence-corrected chi connectivity index (χ4v) is 2.93. The van der Waals surface area contributed by atoms with Gasteiger partial charge in [-0.3, -0.25) is 0 Å². The SMILES string of the molecule is CC(O)(Cc1ccc(F)cc1F)c1ccc(Br)cc1Cl. The van der Waals surface area contributed by atoms with Crippen molar-refractivity contribution in [1.29, 1.82) is 0 Å². The smallest absolute Gasteiger partial charge is 0.129 e. The Morgan fingerprint density at radius 3 is 2.50 bits per heavy atom. The number of benzene rings is 2. The van der Waals surface area contributed by atoms with Crippen LogP contribution in [0.4, 0.5) is 8.78 Å². The minimum atomic E-state index is -1.35. The van der Waals surface area contributed by atoms with Crippen LogP contribution in [-0.4, -0.2) is 5.11 Å². The van der Waals surface area contributed by atoms with E-state index in [9.17, 15) is 13.9 Å². The van der Waals surface area contributed by atoms with Crippen molar-refractivity contribution in [3.63, 3.8) is 0 Å². The molecule has 0 amide bonds. The van der Waals surface area contributed by atoms with Gasteiger partial charge >= 0.3 is 0 Å². The average molecular weight is 362 g/mol. The Labute approximate surface area is 129 Å². The second-order valence-corrected chi connectivity index (χ2v) is 6.13. The van der Waals surface area contributed by atoms with Crippen molar-refractivity contribution < 1.29 is 13.9 Å². The van der Waals surface area contributed by atoms with Crippen molar-refractivity contribution in [2.45, 2.75) is 18.9 Å². The van der Waals surface area contributed by atoms with Crippen molar-refractivity contribution in [3.05, 3.63) is 68.7 Å². The van der Waals surface area contributed by atoms with Gasteiger partial charge in [-0.2, -0.15) is 0 Å². The van der Waals surface area contributed by atoms with Gasteiger partial charge in [0.25, 0.3) is 0 Å². The van der Waals surface area contributed by atoms with Crippen LogP contribution in [0.1, 0.15) is 18.1 Å². The second-order valence-electron chi connectivity index (χ2n) is 4.81. The van der Waals surface area contributed by atoms with E-state index in [-0.39, 0.29) is 12.0 Å². The molecule has 1 N–H and O–H groups in total. The number of rotatable bonds is 3. The van der Waals surface area contributed by atoms with Crippen molar-refractivity contribution in [1.82, 2.24) is 0 Å². The maximum atomic E-state index is 13.7. The highest BCUT2D eigenvalue weighted by molar-refractivity contribution is 9.10. The molecule has 0 aromatic heterocycles. The average Bonchev–Trinajstić information content (AvgIpc) is 2.32. The molecule has 0 fully saturated rings. The highest BCUT2D eigenvalue weighted by Crippen LogP contribution is 2.33. The van der Waals surface area contributed by atoms with E-state index < -0.39 is 17.2 Å². The summed E-state index contributed by atoms with van der Waals surface area (Å²) in [7, 11) is 0. The lowest BCUT2D eigenvalue weighted by atomic mass is 9.89. The lowest BCUT2D eigenvalue weighted by molar-refractivity contribution is 0.0567. The molecule has 0 aliphatic heterocycles. The lowest BCUT2D eigenvalue weighted by Crippen LogP contribution is -2.25. The number of aliphatic hydroxyl groups is 1. The zero-order chi connectivity index (χ0) is 14.9. The van der Waals surface area contributed by atoms with E-state index in [1.54, 1.807) is 25.1 Å². The summed E-state index contributed by atoms with van der Waals surface area (Å²) in [6.45, 7) is 1.55. The maximum absolute atomic E-state index is 13.7. The second kappa shape index (κ2) is 5.80.